The topological polar surface area (TPSA) is 190 Å². The summed E-state index contributed by atoms with van der Waals surface area (Å²) in [6.07, 6.45) is -1.84. The van der Waals surface area contributed by atoms with Crippen molar-refractivity contribution in [3.05, 3.63) is 40.3 Å². The number of aromatic nitrogens is 2. The Balaban J connectivity index is 2.46. The van der Waals surface area contributed by atoms with Gasteiger partial charge in [-0.3, -0.25) is 0 Å². The van der Waals surface area contributed by atoms with Crippen LogP contribution in [0.3, 0.4) is 0 Å². The van der Waals surface area contributed by atoms with Crippen molar-refractivity contribution in [2.75, 3.05) is 6.61 Å². The first kappa shape index (κ1) is 18.5. The summed E-state index contributed by atoms with van der Waals surface area (Å²) >= 11 is 0. The van der Waals surface area contributed by atoms with Crippen LogP contribution in [-0.2, 0) is 10.5 Å². The lowest BCUT2D eigenvalue weighted by molar-refractivity contribution is -0.270. The van der Waals surface area contributed by atoms with Crippen molar-refractivity contribution in [2.24, 2.45) is 0 Å². The van der Waals surface area contributed by atoms with E-state index >= 15 is 0 Å². The van der Waals surface area contributed by atoms with Crippen LogP contribution in [-0.4, -0.2) is 60.0 Å². The number of fused-ring (bicyclic) bond motifs is 3. The average Bonchev–Trinajstić information content (AvgIpc) is 3.04. The van der Waals surface area contributed by atoms with Crippen LogP contribution >= 0.6 is 0 Å². The van der Waals surface area contributed by atoms with E-state index in [1.165, 1.54) is 6.92 Å². The van der Waals surface area contributed by atoms with E-state index in [4.69, 9.17) is 4.74 Å². The van der Waals surface area contributed by atoms with Crippen LogP contribution in [0.25, 0.3) is 11.3 Å². The maximum Gasteiger partial charge on any atom is 0.354 e. The predicted molar refractivity (Wildman–Crippen MR) is 85.4 cm³/mol. The standard InChI is InChI=1S/C16H14N2O9/c1-2-27-16(26)11-9(5(13(20)21)3-8(18-11)15(24)25)10-6(12(16)19)4-7(17-10)14(22)23/h3-4,12,17,19,26H,2H2,1H3,(H,20,21)(H,22,23)(H,24,25). The molecule has 2 heterocycles. The number of ether oxygens (including phenoxy) is 1. The van der Waals surface area contributed by atoms with Crippen LogP contribution in [0.5, 0.6) is 0 Å². The number of carboxylic acids is 3. The van der Waals surface area contributed by atoms with E-state index < -0.39 is 46.8 Å². The van der Waals surface area contributed by atoms with Crippen LogP contribution in [0.1, 0.15) is 55.6 Å². The molecule has 0 bridgehead atoms. The van der Waals surface area contributed by atoms with Crippen molar-refractivity contribution in [3.8, 4) is 11.3 Å². The van der Waals surface area contributed by atoms with Crippen LogP contribution in [0.15, 0.2) is 12.1 Å². The summed E-state index contributed by atoms with van der Waals surface area (Å²) in [6, 6.07) is 1.81. The van der Waals surface area contributed by atoms with E-state index in [2.05, 4.69) is 9.97 Å². The molecule has 27 heavy (non-hydrogen) atoms. The number of hydrogen-bond acceptors (Lipinski definition) is 7. The Bertz CT molecular complexity index is 981. The molecule has 0 aliphatic heterocycles. The Morgan fingerprint density at radius 1 is 1.19 bits per heavy atom. The van der Waals surface area contributed by atoms with E-state index in [0.717, 1.165) is 12.1 Å². The number of hydrogen-bond donors (Lipinski definition) is 6. The minimum atomic E-state index is -2.58. The van der Waals surface area contributed by atoms with Crippen molar-refractivity contribution < 1.29 is 44.7 Å². The highest BCUT2D eigenvalue weighted by Crippen LogP contribution is 2.49. The van der Waals surface area contributed by atoms with E-state index in [1.807, 2.05) is 0 Å². The molecular weight excluding hydrogens is 364 g/mol. The highest BCUT2D eigenvalue weighted by molar-refractivity contribution is 6.00. The van der Waals surface area contributed by atoms with Gasteiger partial charge in [0.2, 0.25) is 5.79 Å². The number of aliphatic hydroxyl groups excluding tert-OH is 1. The molecule has 11 nitrogen and oxygen atoms in total. The number of aliphatic hydroxyl groups is 2. The summed E-state index contributed by atoms with van der Waals surface area (Å²) < 4.78 is 5.20. The Hall–Kier alpha value is -3.28. The number of pyridine rings is 1. The van der Waals surface area contributed by atoms with Gasteiger partial charge < -0.3 is 35.3 Å². The molecule has 1 aliphatic carbocycles. The Morgan fingerprint density at radius 3 is 2.37 bits per heavy atom. The quantitative estimate of drug-likeness (QED) is 0.397. The zero-order valence-electron chi connectivity index (χ0n) is 13.8. The van der Waals surface area contributed by atoms with E-state index in [0.29, 0.717) is 0 Å². The molecule has 0 aromatic carbocycles. The van der Waals surface area contributed by atoms with Crippen molar-refractivity contribution in [2.45, 2.75) is 18.8 Å². The molecule has 3 rings (SSSR count). The molecule has 2 aromatic rings. The molecular formula is C16H14N2O9. The first-order valence-corrected chi connectivity index (χ1v) is 7.64. The second-order valence-corrected chi connectivity index (χ2v) is 5.74. The van der Waals surface area contributed by atoms with Gasteiger partial charge in [-0.25, -0.2) is 19.4 Å². The molecule has 0 radical (unpaired) electrons. The van der Waals surface area contributed by atoms with Gasteiger partial charge in [0, 0.05) is 17.7 Å². The summed E-state index contributed by atoms with van der Waals surface area (Å²) in [5.41, 5.74) is -2.65. The molecule has 2 aromatic heterocycles. The lowest BCUT2D eigenvalue weighted by Crippen LogP contribution is -2.41. The number of nitrogens with one attached hydrogen (secondary N) is 1. The fourth-order valence-corrected chi connectivity index (χ4v) is 3.05. The van der Waals surface area contributed by atoms with E-state index in [1.54, 1.807) is 0 Å². The molecule has 0 amide bonds. The smallest absolute Gasteiger partial charge is 0.354 e. The molecule has 2 atom stereocenters. The molecule has 0 saturated carbocycles. The number of aromatic amines is 1. The zero-order chi connectivity index (χ0) is 20.1. The van der Waals surface area contributed by atoms with Crippen LogP contribution in [0, 0.1) is 0 Å². The lowest BCUT2D eigenvalue weighted by atomic mass is 9.84. The highest BCUT2D eigenvalue weighted by atomic mass is 16.6. The maximum atomic E-state index is 11.7. The molecule has 0 saturated heterocycles. The molecule has 11 heteroatoms. The van der Waals surface area contributed by atoms with Crippen LogP contribution < -0.4 is 0 Å². The van der Waals surface area contributed by atoms with Gasteiger partial charge in [-0.1, -0.05) is 0 Å². The summed E-state index contributed by atoms with van der Waals surface area (Å²) in [5.74, 6) is -7.06. The maximum absolute atomic E-state index is 11.7. The SMILES string of the molecule is CCOC1(O)c2nc(C(=O)O)cc(C(=O)O)c2-c2[nH]c(C(=O)O)cc2C1O. The zero-order valence-corrected chi connectivity index (χ0v) is 13.8. The summed E-state index contributed by atoms with van der Waals surface area (Å²) in [4.78, 5) is 40.5. The summed E-state index contributed by atoms with van der Waals surface area (Å²) in [7, 11) is 0. The van der Waals surface area contributed by atoms with Gasteiger partial charge in [-0.2, -0.15) is 0 Å². The first-order valence-electron chi connectivity index (χ1n) is 7.64. The first-order chi connectivity index (χ1) is 12.6. The predicted octanol–water partition coefficient (Wildman–Crippen LogP) is 0.400. The van der Waals surface area contributed by atoms with Crippen molar-refractivity contribution in [1.29, 1.82) is 0 Å². The molecule has 2 unspecified atom stereocenters. The van der Waals surface area contributed by atoms with Crippen LogP contribution in [0.4, 0.5) is 0 Å². The molecule has 142 valence electrons. The molecule has 0 fully saturated rings. The Labute approximate surface area is 150 Å². The third-order valence-electron chi connectivity index (χ3n) is 4.17. The fourth-order valence-electron chi connectivity index (χ4n) is 3.05. The largest absolute Gasteiger partial charge is 0.478 e. The monoisotopic (exact) mass is 378 g/mol. The third kappa shape index (κ3) is 2.65. The number of carboxylic acid groups (broad SMARTS) is 3. The third-order valence-corrected chi connectivity index (χ3v) is 4.17. The van der Waals surface area contributed by atoms with Gasteiger partial charge in [0.05, 0.1) is 11.3 Å². The minimum absolute atomic E-state index is 0.110. The van der Waals surface area contributed by atoms with Crippen molar-refractivity contribution >= 4 is 17.9 Å². The average molecular weight is 378 g/mol. The van der Waals surface area contributed by atoms with Crippen LogP contribution in [0.2, 0.25) is 0 Å². The fraction of sp³-hybridized carbons (Fsp3) is 0.250. The molecule has 0 spiro atoms. The van der Waals surface area contributed by atoms with Crippen molar-refractivity contribution in [1.82, 2.24) is 9.97 Å². The molecule has 6 N–H and O–H groups in total. The number of nitrogens with zero attached hydrogens (tertiary/aromatic N) is 1. The number of carbonyl (C=O) groups is 3. The normalized spacial score (nSPS) is 20.6. The summed E-state index contributed by atoms with van der Waals surface area (Å²) in [6.45, 7) is 1.35. The minimum Gasteiger partial charge on any atom is -0.478 e. The van der Waals surface area contributed by atoms with Crippen molar-refractivity contribution in [3.63, 3.8) is 0 Å². The Kier molecular flexibility index (Phi) is 4.22. The number of aromatic carboxylic acids is 3. The summed E-state index contributed by atoms with van der Waals surface area (Å²) in [5, 5.41) is 49.4. The van der Waals surface area contributed by atoms with E-state index in [-0.39, 0.29) is 29.1 Å². The second kappa shape index (κ2) is 6.16. The number of H-pyrrole nitrogens is 1. The van der Waals surface area contributed by atoms with Gasteiger partial charge in [0.15, 0.2) is 0 Å². The van der Waals surface area contributed by atoms with Gasteiger partial charge in [0.1, 0.15) is 23.2 Å². The van der Waals surface area contributed by atoms with Gasteiger partial charge >= 0.3 is 17.9 Å². The van der Waals surface area contributed by atoms with E-state index in [9.17, 15) is 39.9 Å². The lowest BCUT2D eigenvalue weighted by Gasteiger charge is -2.37. The number of rotatable bonds is 5. The van der Waals surface area contributed by atoms with Gasteiger partial charge in [0.25, 0.3) is 0 Å². The highest BCUT2D eigenvalue weighted by Gasteiger charge is 2.50. The van der Waals surface area contributed by atoms with Gasteiger partial charge in [-0.15, -0.1) is 0 Å². The van der Waals surface area contributed by atoms with Gasteiger partial charge in [-0.05, 0) is 19.1 Å². The second-order valence-electron chi connectivity index (χ2n) is 5.74. The molecule has 1 aliphatic rings. The Morgan fingerprint density at radius 2 is 1.85 bits per heavy atom.